The molecule has 3 aromatic carbocycles. The van der Waals surface area contributed by atoms with Crippen molar-refractivity contribution >= 4 is 0 Å². The largest absolute Gasteiger partial charge is 0.508 e. The highest BCUT2D eigenvalue weighted by molar-refractivity contribution is 5.89. The van der Waals surface area contributed by atoms with Crippen molar-refractivity contribution in [3.63, 3.8) is 0 Å². The van der Waals surface area contributed by atoms with Crippen LogP contribution in [-0.4, -0.2) is 5.11 Å². The minimum Gasteiger partial charge on any atom is -0.508 e. The summed E-state index contributed by atoms with van der Waals surface area (Å²) in [6.45, 7) is 4.21. The summed E-state index contributed by atoms with van der Waals surface area (Å²) in [5, 5.41) is 10.5. The average Bonchev–Trinajstić information content (AvgIpc) is 2.63. The maximum absolute atomic E-state index is 10.5. The molecule has 0 aliphatic rings. The number of aryl methyl sites for hydroxylation is 1. The number of hydrogen-bond donors (Lipinski definition) is 1. The Morgan fingerprint density at radius 1 is 0.792 bits per heavy atom. The first-order valence-corrected chi connectivity index (χ1v) is 8.68. The lowest BCUT2D eigenvalue weighted by molar-refractivity contribution is 0.470. The fourth-order valence-electron chi connectivity index (χ4n) is 3.29. The van der Waals surface area contributed by atoms with E-state index in [-0.39, 0.29) is 0 Å². The zero-order chi connectivity index (χ0) is 16.9. The molecule has 0 atom stereocenters. The standard InChI is InChI=1S/C23H24O/c1-3-4-11-20-16-21(24)17(2)22(18-12-7-5-8-13-18)23(20)19-14-9-6-10-15-19/h5-10,12-16,24H,3-4,11H2,1-2H3. The summed E-state index contributed by atoms with van der Waals surface area (Å²) >= 11 is 0. The molecule has 0 heterocycles. The van der Waals surface area contributed by atoms with Crippen LogP contribution in [0.2, 0.25) is 0 Å². The van der Waals surface area contributed by atoms with Gasteiger partial charge < -0.3 is 5.11 Å². The van der Waals surface area contributed by atoms with Crippen LogP contribution in [-0.2, 0) is 6.42 Å². The summed E-state index contributed by atoms with van der Waals surface area (Å²) in [6.07, 6.45) is 3.24. The molecule has 0 spiro atoms. The summed E-state index contributed by atoms with van der Waals surface area (Å²) in [6, 6.07) is 22.9. The van der Waals surface area contributed by atoms with E-state index in [2.05, 4.69) is 55.5 Å². The first kappa shape index (κ1) is 16.3. The van der Waals surface area contributed by atoms with Gasteiger partial charge in [0.25, 0.3) is 0 Å². The van der Waals surface area contributed by atoms with Crippen LogP contribution in [0, 0.1) is 6.92 Å². The number of rotatable bonds is 5. The van der Waals surface area contributed by atoms with Crippen LogP contribution < -0.4 is 0 Å². The molecule has 0 fully saturated rings. The molecule has 0 saturated heterocycles. The Balaban J connectivity index is 2.31. The molecule has 0 radical (unpaired) electrons. The molecule has 1 nitrogen and oxygen atoms in total. The van der Waals surface area contributed by atoms with Gasteiger partial charge >= 0.3 is 0 Å². The van der Waals surface area contributed by atoms with Gasteiger partial charge in [-0.05, 0) is 59.2 Å². The fourth-order valence-corrected chi connectivity index (χ4v) is 3.29. The van der Waals surface area contributed by atoms with Gasteiger partial charge in [-0.1, -0.05) is 74.0 Å². The lowest BCUT2D eigenvalue weighted by Gasteiger charge is -2.19. The van der Waals surface area contributed by atoms with E-state index in [4.69, 9.17) is 0 Å². The molecule has 3 aromatic rings. The molecule has 0 bridgehead atoms. The fraction of sp³-hybridized carbons (Fsp3) is 0.217. The van der Waals surface area contributed by atoms with Crippen molar-refractivity contribution in [3.05, 3.63) is 77.9 Å². The Kier molecular flexibility index (Phi) is 5.00. The van der Waals surface area contributed by atoms with Gasteiger partial charge in [0.2, 0.25) is 0 Å². The molecule has 122 valence electrons. The maximum atomic E-state index is 10.5. The third-order valence-corrected chi connectivity index (χ3v) is 4.57. The zero-order valence-electron chi connectivity index (χ0n) is 14.4. The molecule has 0 aliphatic heterocycles. The average molecular weight is 316 g/mol. The zero-order valence-corrected chi connectivity index (χ0v) is 14.4. The number of benzene rings is 3. The minimum atomic E-state index is 0.389. The Bertz CT molecular complexity index is 804. The molecule has 3 rings (SSSR count). The molecule has 0 amide bonds. The van der Waals surface area contributed by atoms with E-state index in [0.29, 0.717) is 5.75 Å². The Morgan fingerprint density at radius 2 is 1.33 bits per heavy atom. The van der Waals surface area contributed by atoms with E-state index in [0.717, 1.165) is 36.0 Å². The van der Waals surface area contributed by atoms with Crippen molar-refractivity contribution in [2.75, 3.05) is 0 Å². The monoisotopic (exact) mass is 316 g/mol. The second kappa shape index (κ2) is 7.35. The van der Waals surface area contributed by atoms with Crippen molar-refractivity contribution in [2.24, 2.45) is 0 Å². The van der Waals surface area contributed by atoms with Crippen LogP contribution in [0.1, 0.15) is 30.9 Å². The quantitative estimate of drug-likeness (QED) is 0.579. The normalized spacial score (nSPS) is 10.8. The lowest BCUT2D eigenvalue weighted by atomic mass is 9.85. The molecular formula is C23H24O. The van der Waals surface area contributed by atoms with Gasteiger partial charge in [-0.3, -0.25) is 0 Å². The van der Waals surface area contributed by atoms with Crippen molar-refractivity contribution in [3.8, 4) is 28.0 Å². The van der Waals surface area contributed by atoms with Crippen molar-refractivity contribution in [2.45, 2.75) is 33.1 Å². The van der Waals surface area contributed by atoms with Crippen LogP contribution in [0.5, 0.6) is 5.75 Å². The molecule has 0 saturated carbocycles. The lowest BCUT2D eigenvalue weighted by Crippen LogP contribution is -1.97. The van der Waals surface area contributed by atoms with E-state index in [1.54, 1.807) is 0 Å². The van der Waals surface area contributed by atoms with Crippen molar-refractivity contribution in [1.29, 1.82) is 0 Å². The van der Waals surface area contributed by atoms with E-state index < -0.39 is 0 Å². The summed E-state index contributed by atoms with van der Waals surface area (Å²) in [5.41, 5.74) is 6.94. The first-order chi connectivity index (χ1) is 11.7. The van der Waals surface area contributed by atoms with Crippen LogP contribution in [0.4, 0.5) is 0 Å². The van der Waals surface area contributed by atoms with Gasteiger partial charge in [0.05, 0.1) is 0 Å². The molecule has 1 N–H and O–H groups in total. The Hall–Kier alpha value is -2.54. The summed E-state index contributed by atoms with van der Waals surface area (Å²) in [4.78, 5) is 0. The molecule has 0 aromatic heterocycles. The predicted molar refractivity (Wildman–Crippen MR) is 102 cm³/mol. The molecule has 0 aliphatic carbocycles. The third-order valence-electron chi connectivity index (χ3n) is 4.57. The summed E-state index contributed by atoms with van der Waals surface area (Å²) < 4.78 is 0. The minimum absolute atomic E-state index is 0.389. The number of phenols is 1. The maximum Gasteiger partial charge on any atom is 0.119 e. The SMILES string of the molecule is CCCCc1cc(O)c(C)c(-c2ccccc2)c1-c1ccccc1. The molecule has 1 heteroatoms. The Labute approximate surface area is 144 Å². The van der Waals surface area contributed by atoms with Crippen LogP contribution >= 0.6 is 0 Å². The predicted octanol–water partition coefficient (Wildman–Crippen LogP) is 6.38. The van der Waals surface area contributed by atoms with Gasteiger partial charge in [-0.2, -0.15) is 0 Å². The summed E-state index contributed by atoms with van der Waals surface area (Å²) in [7, 11) is 0. The third kappa shape index (κ3) is 3.21. The molecule has 0 unspecified atom stereocenters. The van der Waals surface area contributed by atoms with Crippen LogP contribution in [0.25, 0.3) is 22.3 Å². The second-order valence-corrected chi connectivity index (χ2v) is 6.27. The van der Waals surface area contributed by atoms with E-state index >= 15 is 0 Å². The van der Waals surface area contributed by atoms with Crippen LogP contribution in [0.3, 0.4) is 0 Å². The van der Waals surface area contributed by atoms with Gasteiger partial charge in [-0.15, -0.1) is 0 Å². The molecule has 24 heavy (non-hydrogen) atoms. The van der Waals surface area contributed by atoms with Gasteiger partial charge in [0.1, 0.15) is 5.75 Å². The number of hydrogen-bond acceptors (Lipinski definition) is 1. The highest BCUT2D eigenvalue weighted by atomic mass is 16.3. The topological polar surface area (TPSA) is 20.2 Å². The Morgan fingerprint density at radius 3 is 1.88 bits per heavy atom. The number of phenolic OH excluding ortho intramolecular Hbond substituents is 1. The van der Waals surface area contributed by atoms with Gasteiger partial charge in [0, 0.05) is 0 Å². The molecular weight excluding hydrogens is 292 g/mol. The first-order valence-electron chi connectivity index (χ1n) is 8.68. The van der Waals surface area contributed by atoms with E-state index in [1.807, 2.05) is 25.1 Å². The highest BCUT2D eigenvalue weighted by Gasteiger charge is 2.17. The van der Waals surface area contributed by atoms with E-state index in [1.165, 1.54) is 16.7 Å². The van der Waals surface area contributed by atoms with Gasteiger partial charge in [0.15, 0.2) is 0 Å². The van der Waals surface area contributed by atoms with Crippen molar-refractivity contribution in [1.82, 2.24) is 0 Å². The number of unbranched alkanes of at least 4 members (excludes halogenated alkanes) is 1. The smallest absolute Gasteiger partial charge is 0.119 e. The van der Waals surface area contributed by atoms with Gasteiger partial charge in [-0.25, -0.2) is 0 Å². The summed E-state index contributed by atoms with van der Waals surface area (Å²) in [5.74, 6) is 0.389. The van der Waals surface area contributed by atoms with Crippen molar-refractivity contribution < 1.29 is 5.11 Å². The second-order valence-electron chi connectivity index (χ2n) is 6.27. The van der Waals surface area contributed by atoms with E-state index in [9.17, 15) is 5.11 Å². The van der Waals surface area contributed by atoms with Crippen LogP contribution in [0.15, 0.2) is 66.7 Å². The number of aromatic hydroxyl groups is 1. The highest BCUT2D eigenvalue weighted by Crippen LogP contribution is 2.41.